The van der Waals surface area contributed by atoms with Crippen molar-refractivity contribution in [3.63, 3.8) is 0 Å². The SMILES string of the molecule is OC(CN1CCC(CNc2ccccn2)C1)c1ccccc1F. The highest BCUT2D eigenvalue weighted by atomic mass is 19.1. The molecule has 1 fully saturated rings. The number of hydrogen-bond acceptors (Lipinski definition) is 4. The van der Waals surface area contributed by atoms with E-state index in [4.69, 9.17) is 0 Å². The Morgan fingerprint density at radius 3 is 2.87 bits per heavy atom. The van der Waals surface area contributed by atoms with Gasteiger partial charge in [-0.25, -0.2) is 9.37 Å². The van der Waals surface area contributed by atoms with Crippen LogP contribution in [0.4, 0.5) is 10.2 Å². The van der Waals surface area contributed by atoms with E-state index in [9.17, 15) is 9.50 Å². The van der Waals surface area contributed by atoms with E-state index in [2.05, 4.69) is 15.2 Å². The molecule has 5 heteroatoms. The largest absolute Gasteiger partial charge is 0.387 e. The predicted molar refractivity (Wildman–Crippen MR) is 88.6 cm³/mol. The molecule has 0 amide bonds. The zero-order chi connectivity index (χ0) is 16.1. The van der Waals surface area contributed by atoms with E-state index in [1.54, 1.807) is 24.4 Å². The first-order valence-corrected chi connectivity index (χ1v) is 8.02. The molecule has 2 heterocycles. The van der Waals surface area contributed by atoms with Crippen molar-refractivity contribution in [2.24, 2.45) is 5.92 Å². The molecule has 2 aromatic rings. The second-order valence-corrected chi connectivity index (χ2v) is 6.05. The van der Waals surface area contributed by atoms with Crippen LogP contribution in [0.15, 0.2) is 48.7 Å². The molecule has 0 aliphatic carbocycles. The van der Waals surface area contributed by atoms with E-state index in [-0.39, 0.29) is 5.82 Å². The first-order valence-electron chi connectivity index (χ1n) is 8.02. The minimum Gasteiger partial charge on any atom is -0.387 e. The minimum absolute atomic E-state index is 0.340. The van der Waals surface area contributed by atoms with Crippen LogP contribution >= 0.6 is 0 Å². The number of likely N-dealkylation sites (tertiary alicyclic amines) is 1. The summed E-state index contributed by atoms with van der Waals surface area (Å²) in [6.45, 7) is 3.18. The molecular weight excluding hydrogens is 293 g/mol. The molecule has 1 saturated heterocycles. The molecule has 2 N–H and O–H groups in total. The van der Waals surface area contributed by atoms with Crippen LogP contribution < -0.4 is 5.32 Å². The third-order valence-electron chi connectivity index (χ3n) is 4.30. The Labute approximate surface area is 136 Å². The van der Waals surface area contributed by atoms with Crippen LogP contribution in [0, 0.1) is 11.7 Å². The van der Waals surface area contributed by atoms with Crippen LogP contribution in [0.5, 0.6) is 0 Å². The number of aromatic nitrogens is 1. The average Bonchev–Trinajstić information content (AvgIpc) is 3.02. The first kappa shape index (κ1) is 15.9. The summed E-state index contributed by atoms with van der Waals surface area (Å²) in [5.41, 5.74) is 0.377. The van der Waals surface area contributed by atoms with E-state index in [1.807, 2.05) is 18.2 Å². The lowest BCUT2D eigenvalue weighted by molar-refractivity contribution is 0.121. The highest BCUT2D eigenvalue weighted by molar-refractivity contribution is 5.33. The second-order valence-electron chi connectivity index (χ2n) is 6.05. The molecule has 4 nitrogen and oxygen atoms in total. The van der Waals surface area contributed by atoms with E-state index in [1.165, 1.54) is 6.07 Å². The van der Waals surface area contributed by atoms with Crippen LogP contribution in [0.25, 0.3) is 0 Å². The number of aliphatic hydroxyl groups is 1. The van der Waals surface area contributed by atoms with Gasteiger partial charge in [-0.15, -0.1) is 0 Å². The average molecular weight is 315 g/mol. The lowest BCUT2D eigenvalue weighted by Gasteiger charge is -2.21. The maximum atomic E-state index is 13.7. The monoisotopic (exact) mass is 315 g/mol. The van der Waals surface area contributed by atoms with Gasteiger partial charge in [0.2, 0.25) is 0 Å². The first-order chi connectivity index (χ1) is 11.2. The zero-order valence-electron chi connectivity index (χ0n) is 13.0. The topological polar surface area (TPSA) is 48.4 Å². The van der Waals surface area contributed by atoms with Gasteiger partial charge in [-0.1, -0.05) is 24.3 Å². The normalized spacial score (nSPS) is 19.7. The van der Waals surface area contributed by atoms with Crippen molar-refractivity contribution in [2.75, 3.05) is 31.5 Å². The number of nitrogens with one attached hydrogen (secondary N) is 1. The molecule has 0 bridgehead atoms. The fraction of sp³-hybridized carbons (Fsp3) is 0.389. The van der Waals surface area contributed by atoms with Crippen molar-refractivity contribution in [3.05, 3.63) is 60.0 Å². The van der Waals surface area contributed by atoms with Crippen molar-refractivity contribution in [1.29, 1.82) is 0 Å². The quantitative estimate of drug-likeness (QED) is 0.860. The van der Waals surface area contributed by atoms with Crippen LogP contribution in [0.1, 0.15) is 18.1 Å². The van der Waals surface area contributed by atoms with Crippen LogP contribution in [0.2, 0.25) is 0 Å². The van der Waals surface area contributed by atoms with Gasteiger partial charge in [-0.05, 0) is 37.1 Å². The molecule has 3 rings (SSSR count). The molecule has 122 valence electrons. The molecule has 1 aromatic heterocycles. The zero-order valence-corrected chi connectivity index (χ0v) is 13.0. The van der Waals surface area contributed by atoms with Gasteiger partial charge in [0.15, 0.2) is 0 Å². The summed E-state index contributed by atoms with van der Waals surface area (Å²) in [5, 5.41) is 13.6. The molecule has 0 radical (unpaired) electrons. The summed E-state index contributed by atoms with van der Waals surface area (Å²) in [6, 6.07) is 12.2. The Hall–Kier alpha value is -1.98. The number of rotatable bonds is 6. The van der Waals surface area contributed by atoms with Crippen molar-refractivity contribution in [1.82, 2.24) is 9.88 Å². The van der Waals surface area contributed by atoms with E-state index < -0.39 is 6.10 Å². The lowest BCUT2D eigenvalue weighted by Crippen LogP contribution is -2.28. The third kappa shape index (κ3) is 4.27. The van der Waals surface area contributed by atoms with Gasteiger partial charge in [0, 0.05) is 31.4 Å². The Kier molecular flexibility index (Phi) is 5.20. The van der Waals surface area contributed by atoms with Gasteiger partial charge in [-0.3, -0.25) is 0 Å². The Morgan fingerprint density at radius 1 is 1.26 bits per heavy atom. The lowest BCUT2D eigenvalue weighted by atomic mass is 10.1. The number of nitrogens with zero attached hydrogens (tertiary/aromatic N) is 2. The second kappa shape index (κ2) is 7.53. The number of benzene rings is 1. The smallest absolute Gasteiger partial charge is 0.129 e. The minimum atomic E-state index is -0.779. The maximum Gasteiger partial charge on any atom is 0.129 e. The van der Waals surface area contributed by atoms with Crippen LogP contribution in [-0.2, 0) is 0 Å². The summed E-state index contributed by atoms with van der Waals surface area (Å²) >= 11 is 0. The highest BCUT2D eigenvalue weighted by Gasteiger charge is 2.25. The Morgan fingerprint density at radius 2 is 2.09 bits per heavy atom. The summed E-state index contributed by atoms with van der Waals surface area (Å²) in [4.78, 5) is 6.45. The Balaban J connectivity index is 1.47. The van der Waals surface area contributed by atoms with E-state index in [0.29, 0.717) is 18.0 Å². The van der Waals surface area contributed by atoms with Crippen molar-refractivity contribution in [2.45, 2.75) is 12.5 Å². The Bertz CT molecular complexity index is 623. The summed E-state index contributed by atoms with van der Waals surface area (Å²) in [5.74, 6) is 1.06. The molecule has 2 unspecified atom stereocenters. The number of pyridine rings is 1. The van der Waals surface area contributed by atoms with Gasteiger partial charge in [0.25, 0.3) is 0 Å². The highest BCUT2D eigenvalue weighted by Crippen LogP contribution is 2.22. The molecule has 0 spiro atoms. The molecule has 23 heavy (non-hydrogen) atoms. The van der Waals surface area contributed by atoms with Crippen molar-refractivity contribution >= 4 is 5.82 Å². The summed E-state index contributed by atoms with van der Waals surface area (Å²) < 4.78 is 13.7. The molecule has 0 saturated carbocycles. The predicted octanol–water partition coefficient (Wildman–Crippen LogP) is 2.69. The number of anilines is 1. The van der Waals surface area contributed by atoms with Gasteiger partial charge >= 0.3 is 0 Å². The van der Waals surface area contributed by atoms with E-state index in [0.717, 1.165) is 31.9 Å². The number of hydrogen-bond donors (Lipinski definition) is 2. The van der Waals surface area contributed by atoms with Gasteiger partial charge < -0.3 is 15.3 Å². The van der Waals surface area contributed by atoms with Crippen molar-refractivity contribution < 1.29 is 9.50 Å². The van der Waals surface area contributed by atoms with Crippen LogP contribution in [0.3, 0.4) is 0 Å². The standard InChI is InChI=1S/C18H22FN3O/c19-16-6-2-1-5-15(16)17(23)13-22-10-8-14(12-22)11-21-18-7-3-4-9-20-18/h1-7,9,14,17,23H,8,10-13H2,(H,20,21). The summed E-state index contributed by atoms with van der Waals surface area (Å²) in [6.07, 6.45) is 2.07. The number of aliphatic hydroxyl groups excluding tert-OH is 1. The van der Waals surface area contributed by atoms with E-state index >= 15 is 0 Å². The summed E-state index contributed by atoms with van der Waals surface area (Å²) in [7, 11) is 0. The fourth-order valence-electron chi connectivity index (χ4n) is 3.05. The fourth-order valence-corrected chi connectivity index (χ4v) is 3.05. The van der Waals surface area contributed by atoms with Crippen LogP contribution in [-0.4, -0.2) is 41.2 Å². The molecular formula is C18H22FN3O. The van der Waals surface area contributed by atoms with Crippen molar-refractivity contribution in [3.8, 4) is 0 Å². The molecule has 1 aliphatic rings. The molecule has 1 aromatic carbocycles. The van der Waals surface area contributed by atoms with Gasteiger partial charge in [0.05, 0.1) is 6.10 Å². The molecule has 1 aliphatic heterocycles. The van der Waals surface area contributed by atoms with Gasteiger partial charge in [0.1, 0.15) is 11.6 Å². The van der Waals surface area contributed by atoms with Gasteiger partial charge in [-0.2, -0.15) is 0 Å². The number of halogens is 1. The third-order valence-corrected chi connectivity index (χ3v) is 4.30. The molecule has 2 atom stereocenters. The maximum absolute atomic E-state index is 13.7. The number of β-amino-alcohol motifs (C(OH)–C–C–N with tert-alkyl or cyclic N) is 1.